The highest BCUT2D eigenvalue weighted by Crippen LogP contribution is 2.34. The lowest BCUT2D eigenvalue weighted by molar-refractivity contribution is 0.415. The van der Waals surface area contributed by atoms with Gasteiger partial charge < -0.3 is 10.5 Å². The maximum absolute atomic E-state index is 12.6. The Labute approximate surface area is 158 Å². The molecule has 0 spiro atoms. The number of pyridine rings is 2. The van der Waals surface area contributed by atoms with Gasteiger partial charge in [-0.25, -0.2) is 9.97 Å². The summed E-state index contributed by atoms with van der Waals surface area (Å²) in [7, 11) is -2.37. The van der Waals surface area contributed by atoms with Crippen molar-refractivity contribution in [2.75, 3.05) is 17.6 Å². The van der Waals surface area contributed by atoms with Crippen LogP contribution in [-0.4, -0.2) is 25.5 Å². The lowest BCUT2D eigenvalue weighted by Gasteiger charge is -2.15. The first kappa shape index (κ1) is 18.7. The summed E-state index contributed by atoms with van der Waals surface area (Å²) in [5.74, 6) is 0.840. The average Bonchev–Trinajstić information content (AvgIpc) is 2.61. The van der Waals surface area contributed by atoms with E-state index in [2.05, 4.69) is 14.7 Å². The number of nitrogen functional groups attached to an aromatic ring is 1. The predicted molar refractivity (Wildman–Crippen MR) is 105 cm³/mol. The molecule has 0 bridgehead atoms. The van der Waals surface area contributed by atoms with E-state index in [0.29, 0.717) is 11.4 Å². The third-order valence-electron chi connectivity index (χ3n) is 4.06. The van der Waals surface area contributed by atoms with Crippen LogP contribution in [0.5, 0.6) is 5.75 Å². The van der Waals surface area contributed by atoms with Crippen LogP contribution in [0.1, 0.15) is 11.1 Å². The molecule has 0 amide bonds. The zero-order valence-electron chi connectivity index (χ0n) is 15.2. The van der Waals surface area contributed by atoms with Gasteiger partial charge in [-0.3, -0.25) is 4.72 Å². The van der Waals surface area contributed by atoms with E-state index in [9.17, 15) is 8.42 Å². The van der Waals surface area contributed by atoms with Crippen molar-refractivity contribution in [3.05, 3.63) is 59.7 Å². The number of rotatable bonds is 5. The van der Waals surface area contributed by atoms with E-state index in [1.165, 1.54) is 18.2 Å². The predicted octanol–water partition coefficient (Wildman–Crippen LogP) is 3.15. The van der Waals surface area contributed by atoms with Crippen molar-refractivity contribution in [2.24, 2.45) is 0 Å². The summed E-state index contributed by atoms with van der Waals surface area (Å²) < 4.78 is 33.1. The molecule has 140 valence electrons. The number of ether oxygens (including phenoxy) is 1. The van der Waals surface area contributed by atoms with Crippen LogP contribution < -0.4 is 15.2 Å². The highest BCUT2D eigenvalue weighted by atomic mass is 32.2. The molecule has 0 saturated carbocycles. The molecule has 3 aromatic rings. The number of anilines is 2. The molecule has 3 rings (SSSR count). The van der Waals surface area contributed by atoms with Gasteiger partial charge in [0.05, 0.1) is 7.11 Å². The zero-order valence-corrected chi connectivity index (χ0v) is 16.0. The molecule has 0 unspecified atom stereocenters. The largest absolute Gasteiger partial charge is 0.494 e. The molecule has 0 aliphatic heterocycles. The van der Waals surface area contributed by atoms with Gasteiger partial charge in [-0.15, -0.1) is 0 Å². The van der Waals surface area contributed by atoms with Gasteiger partial charge in [0.15, 0.2) is 5.03 Å². The highest BCUT2D eigenvalue weighted by Gasteiger charge is 2.19. The van der Waals surface area contributed by atoms with Crippen molar-refractivity contribution in [3.8, 4) is 17.0 Å². The van der Waals surface area contributed by atoms with Crippen LogP contribution in [0.15, 0.2) is 53.6 Å². The molecule has 27 heavy (non-hydrogen) atoms. The summed E-state index contributed by atoms with van der Waals surface area (Å²) in [5, 5.41) is -0.172. The molecule has 0 saturated heterocycles. The number of nitrogens with two attached hydrogens (primary N) is 1. The van der Waals surface area contributed by atoms with Crippen LogP contribution in [0.2, 0.25) is 0 Å². The summed E-state index contributed by atoms with van der Waals surface area (Å²) in [4.78, 5) is 8.35. The van der Waals surface area contributed by atoms with Crippen LogP contribution in [-0.2, 0) is 10.0 Å². The van der Waals surface area contributed by atoms with Crippen LogP contribution in [0.4, 0.5) is 11.6 Å². The van der Waals surface area contributed by atoms with E-state index in [1.807, 2.05) is 32.0 Å². The van der Waals surface area contributed by atoms with Crippen molar-refractivity contribution in [3.63, 3.8) is 0 Å². The first-order valence-corrected chi connectivity index (χ1v) is 9.67. The van der Waals surface area contributed by atoms with Gasteiger partial charge in [-0.05, 0) is 49.2 Å². The topological polar surface area (TPSA) is 107 Å². The van der Waals surface area contributed by atoms with E-state index < -0.39 is 10.0 Å². The van der Waals surface area contributed by atoms with Crippen molar-refractivity contribution >= 4 is 21.7 Å². The molecule has 2 heterocycles. The molecule has 7 nitrogen and oxygen atoms in total. The molecule has 0 aliphatic rings. The van der Waals surface area contributed by atoms with E-state index in [0.717, 1.165) is 16.7 Å². The number of hydrogen-bond acceptors (Lipinski definition) is 6. The highest BCUT2D eigenvalue weighted by molar-refractivity contribution is 7.92. The molecular formula is C19H20N4O3S. The first-order valence-electron chi connectivity index (χ1n) is 8.19. The fourth-order valence-corrected chi connectivity index (χ4v) is 3.78. The zero-order chi connectivity index (χ0) is 19.6. The van der Waals surface area contributed by atoms with Gasteiger partial charge in [-0.1, -0.05) is 24.3 Å². The number of nitrogens with one attached hydrogen (secondary N) is 1. The van der Waals surface area contributed by atoms with E-state index in [-0.39, 0.29) is 16.7 Å². The quantitative estimate of drug-likeness (QED) is 0.700. The SMILES string of the molecule is COc1ccc(NS(=O)(=O)c2cccc(N)n2)nc1-c1c(C)cccc1C. The summed E-state index contributed by atoms with van der Waals surface area (Å²) in [6, 6.07) is 13.5. The molecule has 0 fully saturated rings. The minimum absolute atomic E-state index is 0.122. The third-order valence-corrected chi connectivity index (χ3v) is 5.31. The summed E-state index contributed by atoms with van der Waals surface area (Å²) in [5.41, 5.74) is 9.07. The lowest BCUT2D eigenvalue weighted by atomic mass is 9.99. The Morgan fingerprint density at radius 3 is 2.26 bits per heavy atom. The number of benzene rings is 1. The molecule has 3 N–H and O–H groups in total. The molecule has 1 aromatic carbocycles. The van der Waals surface area contributed by atoms with E-state index in [1.54, 1.807) is 19.2 Å². The third kappa shape index (κ3) is 3.85. The van der Waals surface area contributed by atoms with E-state index >= 15 is 0 Å². The Bertz CT molecular complexity index is 1080. The van der Waals surface area contributed by atoms with Crippen molar-refractivity contribution in [1.29, 1.82) is 0 Å². The van der Waals surface area contributed by atoms with Gasteiger partial charge in [0.1, 0.15) is 23.1 Å². The number of nitrogens with zero attached hydrogens (tertiary/aromatic N) is 2. The normalized spacial score (nSPS) is 11.2. The fraction of sp³-hybridized carbons (Fsp3) is 0.158. The van der Waals surface area contributed by atoms with Crippen molar-refractivity contribution in [1.82, 2.24) is 9.97 Å². The number of sulfonamides is 1. The smallest absolute Gasteiger partial charge is 0.280 e. The van der Waals surface area contributed by atoms with E-state index in [4.69, 9.17) is 10.5 Å². The second-order valence-electron chi connectivity index (χ2n) is 6.02. The monoisotopic (exact) mass is 384 g/mol. The maximum Gasteiger partial charge on any atom is 0.280 e. The Morgan fingerprint density at radius 2 is 1.63 bits per heavy atom. The van der Waals surface area contributed by atoms with Crippen molar-refractivity contribution < 1.29 is 13.2 Å². The van der Waals surface area contributed by atoms with Gasteiger partial charge in [0.2, 0.25) is 0 Å². The molecule has 0 radical (unpaired) electrons. The average molecular weight is 384 g/mol. The van der Waals surface area contributed by atoms with Gasteiger partial charge >= 0.3 is 0 Å². The van der Waals surface area contributed by atoms with Crippen LogP contribution in [0.25, 0.3) is 11.3 Å². The number of aromatic nitrogens is 2. The minimum atomic E-state index is -3.92. The Balaban J connectivity index is 2.06. The van der Waals surface area contributed by atoms with Gasteiger partial charge in [0, 0.05) is 5.56 Å². The van der Waals surface area contributed by atoms with Gasteiger partial charge in [-0.2, -0.15) is 8.42 Å². The first-order chi connectivity index (χ1) is 12.8. The lowest BCUT2D eigenvalue weighted by Crippen LogP contribution is -2.16. The standard InChI is InChI=1S/C19H20N4O3S/c1-12-6-4-7-13(2)18(12)19-14(26-3)10-11-16(22-19)23-27(24,25)17-9-5-8-15(20)21-17/h4-11H,1-3H3,(H2,20,21)(H,22,23). The second kappa shape index (κ2) is 7.24. The molecule has 8 heteroatoms. The number of aryl methyl sites for hydroxylation is 2. The minimum Gasteiger partial charge on any atom is -0.494 e. The summed E-state index contributed by atoms with van der Waals surface area (Å²) in [6.45, 7) is 3.94. The number of methoxy groups -OCH3 is 1. The van der Waals surface area contributed by atoms with Gasteiger partial charge in [0.25, 0.3) is 10.0 Å². The maximum atomic E-state index is 12.6. The van der Waals surface area contributed by atoms with Crippen LogP contribution >= 0.6 is 0 Å². The Morgan fingerprint density at radius 1 is 0.963 bits per heavy atom. The Kier molecular flexibility index (Phi) is 5.00. The molecule has 0 atom stereocenters. The van der Waals surface area contributed by atoms with Crippen LogP contribution in [0.3, 0.4) is 0 Å². The summed E-state index contributed by atoms with van der Waals surface area (Å²) in [6.07, 6.45) is 0. The fourth-order valence-electron chi connectivity index (χ4n) is 2.81. The Hall–Kier alpha value is -3.13. The van der Waals surface area contributed by atoms with Crippen molar-refractivity contribution in [2.45, 2.75) is 18.9 Å². The molecule has 0 aliphatic carbocycles. The van der Waals surface area contributed by atoms with Crippen LogP contribution in [0, 0.1) is 13.8 Å². The molecule has 2 aromatic heterocycles. The molecular weight excluding hydrogens is 364 g/mol. The summed E-state index contributed by atoms with van der Waals surface area (Å²) >= 11 is 0. The number of hydrogen-bond donors (Lipinski definition) is 2. The second-order valence-corrected chi connectivity index (χ2v) is 7.65.